The van der Waals surface area contributed by atoms with Gasteiger partial charge < -0.3 is 0 Å². The molecular formula is C8H12BrN3. The van der Waals surface area contributed by atoms with E-state index in [0.717, 1.165) is 5.69 Å². The molecule has 0 aliphatic heterocycles. The molecule has 1 aromatic heterocycles. The largest absolute Gasteiger partial charge is 0.255 e. The van der Waals surface area contributed by atoms with Crippen LogP contribution in [-0.4, -0.2) is 19.8 Å². The molecule has 0 aliphatic carbocycles. The Balaban J connectivity index is 2.80. The molecule has 0 spiro atoms. The summed E-state index contributed by atoms with van der Waals surface area (Å²) in [6, 6.07) is 0. The lowest BCUT2D eigenvalue weighted by Crippen LogP contribution is -1.90. The van der Waals surface area contributed by atoms with E-state index in [0.29, 0.717) is 4.83 Å². The van der Waals surface area contributed by atoms with Crippen LogP contribution < -0.4 is 0 Å². The lowest BCUT2D eigenvalue weighted by molar-refractivity contribution is 0.714. The first-order chi connectivity index (χ1) is 5.59. The number of aromatic nitrogens is 3. The maximum Gasteiger partial charge on any atom is 0.105 e. The summed E-state index contributed by atoms with van der Waals surface area (Å²) in [6.07, 6.45) is 3.91. The quantitative estimate of drug-likeness (QED) is 0.727. The Hall–Kier alpha value is -0.640. The van der Waals surface area contributed by atoms with Crippen molar-refractivity contribution in [1.29, 1.82) is 0 Å². The minimum Gasteiger partial charge on any atom is -0.255 e. The van der Waals surface area contributed by atoms with Crippen LogP contribution >= 0.6 is 15.9 Å². The first-order valence-electron chi connectivity index (χ1n) is 3.78. The highest BCUT2D eigenvalue weighted by atomic mass is 79.9. The van der Waals surface area contributed by atoms with Gasteiger partial charge in [0.25, 0.3) is 0 Å². The predicted molar refractivity (Wildman–Crippen MR) is 53.0 cm³/mol. The van der Waals surface area contributed by atoms with Crippen molar-refractivity contribution in [2.24, 2.45) is 7.05 Å². The number of aryl methyl sites for hydroxylation is 1. The van der Waals surface area contributed by atoms with Crippen LogP contribution in [0.4, 0.5) is 0 Å². The number of alkyl halides is 1. The molecule has 1 heterocycles. The van der Waals surface area contributed by atoms with Gasteiger partial charge in [-0.3, -0.25) is 4.68 Å². The standard InChI is InChI=1S/C8H12BrN3/c1-6(7(2)9)4-8-5-12(3)11-10-8/h4-5,7H,1-3H3/b6-4+. The van der Waals surface area contributed by atoms with Gasteiger partial charge in [0, 0.05) is 11.9 Å². The minimum atomic E-state index is 0.388. The van der Waals surface area contributed by atoms with Gasteiger partial charge in [0.05, 0.1) is 6.20 Å². The molecule has 3 nitrogen and oxygen atoms in total. The van der Waals surface area contributed by atoms with Gasteiger partial charge in [0.1, 0.15) is 5.69 Å². The van der Waals surface area contributed by atoms with Crippen LogP contribution in [0.1, 0.15) is 19.5 Å². The number of nitrogens with zero attached hydrogens (tertiary/aromatic N) is 3. The molecule has 0 N–H and O–H groups in total. The molecule has 1 rings (SSSR count). The van der Waals surface area contributed by atoms with E-state index in [1.807, 2.05) is 19.3 Å². The Labute approximate surface area is 80.6 Å². The lowest BCUT2D eigenvalue weighted by atomic mass is 10.2. The molecule has 0 saturated heterocycles. The van der Waals surface area contributed by atoms with Gasteiger partial charge in [-0.2, -0.15) is 0 Å². The number of allylic oxidation sites excluding steroid dienone is 1. The average molecular weight is 230 g/mol. The van der Waals surface area contributed by atoms with E-state index < -0.39 is 0 Å². The summed E-state index contributed by atoms with van der Waals surface area (Å²) < 4.78 is 1.69. The summed E-state index contributed by atoms with van der Waals surface area (Å²) in [5, 5.41) is 7.79. The SMILES string of the molecule is C/C(=C\c1cn(C)nn1)C(C)Br. The van der Waals surface area contributed by atoms with Crippen LogP contribution in [0.3, 0.4) is 0 Å². The maximum atomic E-state index is 3.95. The lowest BCUT2D eigenvalue weighted by Gasteiger charge is -2.00. The molecule has 1 unspecified atom stereocenters. The van der Waals surface area contributed by atoms with E-state index in [1.165, 1.54) is 5.57 Å². The van der Waals surface area contributed by atoms with Crippen molar-refractivity contribution >= 4 is 22.0 Å². The zero-order valence-electron chi connectivity index (χ0n) is 7.45. The fourth-order valence-electron chi connectivity index (χ4n) is 0.779. The summed E-state index contributed by atoms with van der Waals surface area (Å²) in [5.74, 6) is 0. The predicted octanol–water partition coefficient (Wildman–Crippen LogP) is 2.00. The number of rotatable bonds is 2. The minimum absolute atomic E-state index is 0.388. The van der Waals surface area contributed by atoms with Gasteiger partial charge >= 0.3 is 0 Å². The Morgan fingerprint density at radius 2 is 2.42 bits per heavy atom. The molecule has 0 amide bonds. The van der Waals surface area contributed by atoms with E-state index in [-0.39, 0.29) is 0 Å². The summed E-state index contributed by atoms with van der Waals surface area (Å²) in [4.78, 5) is 0.388. The monoisotopic (exact) mass is 229 g/mol. The Morgan fingerprint density at radius 1 is 1.75 bits per heavy atom. The van der Waals surface area contributed by atoms with Gasteiger partial charge in [-0.25, -0.2) is 0 Å². The summed E-state index contributed by atoms with van der Waals surface area (Å²) in [5.41, 5.74) is 2.15. The Kier molecular flexibility index (Phi) is 3.03. The first kappa shape index (κ1) is 9.45. The average Bonchev–Trinajstić information content (AvgIpc) is 2.35. The maximum absolute atomic E-state index is 3.95. The van der Waals surface area contributed by atoms with Crippen LogP contribution in [-0.2, 0) is 7.05 Å². The smallest absolute Gasteiger partial charge is 0.105 e. The third-order valence-electron chi connectivity index (χ3n) is 1.62. The molecular weight excluding hydrogens is 218 g/mol. The summed E-state index contributed by atoms with van der Waals surface area (Å²) >= 11 is 3.48. The van der Waals surface area contributed by atoms with E-state index in [9.17, 15) is 0 Å². The van der Waals surface area contributed by atoms with Crippen LogP contribution in [0.15, 0.2) is 11.8 Å². The molecule has 4 heteroatoms. The molecule has 12 heavy (non-hydrogen) atoms. The van der Waals surface area contributed by atoms with Gasteiger partial charge in [0.2, 0.25) is 0 Å². The third-order valence-corrected chi connectivity index (χ3v) is 2.35. The molecule has 0 saturated carbocycles. The van der Waals surface area contributed by atoms with Gasteiger partial charge in [-0.1, -0.05) is 26.7 Å². The van der Waals surface area contributed by atoms with Crippen molar-refractivity contribution < 1.29 is 0 Å². The molecule has 0 fully saturated rings. The van der Waals surface area contributed by atoms with E-state index >= 15 is 0 Å². The highest BCUT2D eigenvalue weighted by molar-refractivity contribution is 9.09. The van der Waals surface area contributed by atoms with E-state index in [1.54, 1.807) is 4.68 Å². The van der Waals surface area contributed by atoms with Crippen LogP contribution in [0, 0.1) is 0 Å². The summed E-state index contributed by atoms with van der Waals surface area (Å²) in [6.45, 7) is 4.15. The molecule has 0 radical (unpaired) electrons. The van der Waals surface area contributed by atoms with Gasteiger partial charge in [-0.15, -0.1) is 5.10 Å². The molecule has 66 valence electrons. The van der Waals surface area contributed by atoms with Crippen LogP contribution in [0.5, 0.6) is 0 Å². The highest BCUT2D eigenvalue weighted by Crippen LogP contribution is 2.13. The second kappa shape index (κ2) is 3.85. The fraction of sp³-hybridized carbons (Fsp3) is 0.500. The first-order valence-corrected chi connectivity index (χ1v) is 4.69. The van der Waals surface area contributed by atoms with Gasteiger partial charge in [-0.05, 0) is 19.9 Å². The molecule has 1 aromatic rings. The zero-order chi connectivity index (χ0) is 9.14. The normalized spacial score (nSPS) is 14.8. The fourth-order valence-corrected chi connectivity index (χ4v) is 0.912. The van der Waals surface area contributed by atoms with Crippen LogP contribution in [0.25, 0.3) is 6.08 Å². The van der Waals surface area contributed by atoms with E-state index in [4.69, 9.17) is 0 Å². The van der Waals surface area contributed by atoms with Crippen molar-refractivity contribution in [2.45, 2.75) is 18.7 Å². The highest BCUT2D eigenvalue weighted by Gasteiger charge is 1.99. The molecule has 0 bridgehead atoms. The Morgan fingerprint density at radius 3 is 2.83 bits per heavy atom. The second-order valence-electron chi connectivity index (χ2n) is 2.82. The third kappa shape index (κ3) is 2.44. The van der Waals surface area contributed by atoms with E-state index in [2.05, 4.69) is 40.1 Å². The van der Waals surface area contributed by atoms with Crippen molar-refractivity contribution in [3.05, 3.63) is 17.5 Å². The summed E-state index contributed by atoms with van der Waals surface area (Å²) in [7, 11) is 1.86. The molecule has 1 atom stereocenters. The van der Waals surface area contributed by atoms with Crippen molar-refractivity contribution in [1.82, 2.24) is 15.0 Å². The van der Waals surface area contributed by atoms with Crippen molar-refractivity contribution in [3.63, 3.8) is 0 Å². The van der Waals surface area contributed by atoms with Crippen molar-refractivity contribution in [3.8, 4) is 0 Å². The Bertz CT molecular complexity index is 288. The van der Waals surface area contributed by atoms with Crippen molar-refractivity contribution in [2.75, 3.05) is 0 Å². The number of halogens is 1. The topological polar surface area (TPSA) is 30.7 Å². The zero-order valence-corrected chi connectivity index (χ0v) is 9.04. The second-order valence-corrected chi connectivity index (χ2v) is 4.19. The number of hydrogen-bond donors (Lipinski definition) is 0. The number of hydrogen-bond acceptors (Lipinski definition) is 2. The van der Waals surface area contributed by atoms with Crippen LogP contribution in [0.2, 0.25) is 0 Å². The molecule has 0 aromatic carbocycles. The van der Waals surface area contributed by atoms with Gasteiger partial charge in [0.15, 0.2) is 0 Å². The molecule has 0 aliphatic rings.